The van der Waals surface area contributed by atoms with E-state index in [1.807, 2.05) is 24.3 Å². The van der Waals surface area contributed by atoms with E-state index in [0.29, 0.717) is 28.1 Å². The molecule has 0 heterocycles. The number of carbonyl (C=O) groups excluding carboxylic acids is 2. The molecule has 136 valence electrons. The van der Waals surface area contributed by atoms with Gasteiger partial charge in [-0.25, -0.2) is 0 Å². The van der Waals surface area contributed by atoms with Crippen LogP contribution >= 0.6 is 23.2 Å². The van der Waals surface area contributed by atoms with E-state index in [4.69, 9.17) is 23.2 Å². The molecule has 2 atom stereocenters. The summed E-state index contributed by atoms with van der Waals surface area (Å²) in [4.78, 5) is 24.9. The zero-order valence-corrected chi connectivity index (χ0v) is 16.1. The summed E-state index contributed by atoms with van der Waals surface area (Å²) in [6.07, 6.45) is 0.527. The maximum atomic E-state index is 12.5. The Balaban J connectivity index is 1.62. The molecule has 0 radical (unpaired) electrons. The molecule has 2 aromatic carbocycles. The first kappa shape index (κ1) is 18.7. The maximum Gasteiger partial charge on any atom is 0.228 e. The molecular formula is C20H20Cl2N2O2. The third-order valence-electron chi connectivity index (χ3n) is 4.51. The first-order valence-corrected chi connectivity index (χ1v) is 9.28. The van der Waals surface area contributed by atoms with E-state index >= 15 is 0 Å². The highest BCUT2D eigenvalue weighted by molar-refractivity contribution is 6.44. The largest absolute Gasteiger partial charge is 0.326 e. The van der Waals surface area contributed by atoms with Gasteiger partial charge in [0.05, 0.1) is 27.6 Å². The van der Waals surface area contributed by atoms with Crippen molar-refractivity contribution in [2.24, 2.45) is 11.8 Å². The molecule has 0 bridgehead atoms. The summed E-state index contributed by atoms with van der Waals surface area (Å²) < 4.78 is 0. The van der Waals surface area contributed by atoms with Gasteiger partial charge < -0.3 is 10.6 Å². The van der Waals surface area contributed by atoms with Gasteiger partial charge in [-0.1, -0.05) is 61.3 Å². The number of carbonyl (C=O) groups is 2. The van der Waals surface area contributed by atoms with Gasteiger partial charge >= 0.3 is 0 Å². The van der Waals surface area contributed by atoms with Crippen molar-refractivity contribution < 1.29 is 9.59 Å². The van der Waals surface area contributed by atoms with Crippen LogP contribution in [0.15, 0.2) is 42.5 Å². The first-order valence-electron chi connectivity index (χ1n) is 8.53. The van der Waals surface area contributed by atoms with E-state index in [0.717, 1.165) is 11.3 Å². The second-order valence-electron chi connectivity index (χ2n) is 6.77. The van der Waals surface area contributed by atoms with Gasteiger partial charge in [-0.3, -0.25) is 9.59 Å². The standard InChI is InChI=1S/C20H20Cl2N2O2/c1-11(2)12-6-3-4-8-16(12)23-19(25)13-10-14(13)20(26)24-17-9-5-7-15(21)18(17)22/h3-9,11,13-14H,10H2,1-2H3,(H,23,25)(H,24,26). The van der Waals surface area contributed by atoms with Crippen LogP contribution < -0.4 is 10.6 Å². The van der Waals surface area contributed by atoms with Crippen LogP contribution in [0.2, 0.25) is 10.0 Å². The van der Waals surface area contributed by atoms with Crippen LogP contribution in [0.3, 0.4) is 0 Å². The number of hydrogen-bond acceptors (Lipinski definition) is 2. The quantitative estimate of drug-likeness (QED) is 0.724. The number of para-hydroxylation sites is 1. The van der Waals surface area contributed by atoms with Crippen LogP contribution in [0.1, 0.15) is 31.7 Å². The lowest BCUT2D eigenvalue weighted by atomic mass is 10.0. The van der Waals surface area contributed by atoms with Gasteiger partial charge in [0.15, 0.2) is 0 Å². The minimum absolute atomic E-state index is 0.129. The van der Waals surface area contributed by atoms with Crippen molar-refractivity contribution in [3.05, 3.63) is 58.1 Å². The summed E-state index contributed by atoms with van der Waals surface area (Å²) in [6, 6.07) is 12.8. The molecule has 0 saturated heterocycles. The Hall–Kier alpha value is -2.04. The third-order valence-corrected chi connectivity index (χ3v) is 5.33. The Kier molecular flexibility index (Phi) is 5.54. The lowest BCUT2D eigenvalue weighted by Crippen LogP contribution is -2.21. The van der Waals surface area contributed by atoms with E-state index < -0.39 is 0 Å². The van der Waals surface area contributed by atoms with Crippen molar-refractivity contribution >= 4 is 46.4 Å². The van der Waals surface area contributed by atoms with Crippen LogP contribution in [0.5, 0.6) is 0 Å². The molecule has 0 aromatic heterocycles. The average Bonchev–Trinajstić information content (AvgIpc) is 3.40. The smallest absolute Gasteiger partial charge is 0.228 e. The summed E-state index contributed by atoms with van der Waals surface area (Å²) in [5.74, 6) is -0.721. The number of rotatable bonds is 5. The van der Waals surface area contributed by atoms with E-state index in [1.54, 1.807) is 18.2 Å². The summed E-state index contributed by atoms with van der Waals surface area (Å²) in [6.45, 7) is 4.15. The van der Waals surface area contributed by atoms with Gasteiger partial charge in [0.2, 0.25) is 11.8 Å². The predicted octanol–water partition coefficient (Wildman–Crippen LogP) is 5.33. The van der Waals surface area contributed by atoms with Gasteiger partial charge in [0, 0.05) is 5.69 Å². The normalized spacial score (nSPS) is 18.5. The Morgan fingerprint density at radius 1 is 0.923 bits per heavy atom. The Labute approximate surface area is 162 Å². The van der Waals surface area contributed by atoms with Crippen molar-refractivity contribution in [3.63, 3.8) is 0 Å². The van der Waals surface area contributed by atoms with E-state index in [-0.39, 0.29) is 23.7 Å². The number of amides is 2. The lowest BCUT2D eigenvalue weighted by Gasteiger charge is -2.13. The van der Waals surface area contributed by atoms with Crippen molar-refractivity contribution in [2.75, 3.05) is 10.6 Å². The maximum absolute atomic E-state index is 12.5. The van der Waals surface area contributed by atoms with E-state index in [2.05, 4.69) is 24.5 Å². The molecule has 26 heavy (non-hydrogen) atoms. The number of hydrogen-bond donors (Lipinski definition) is 2. The van der Waals surface area contributed by atoms with E-state index in [1.165, 1.54) is 0 Å². The Morgan fingerprint density at radius 3 is 2.15 bits per heavy atom. The first-order chi connectivity index (χ1) is 12.4. The van der Waals surface area contributed by atoms with Gasteiger partial charge in [0.25, 0.3) is 0 Å². The highest BCUT2D eigenvalue weighted by Gasteiger charge is 2.48. The van der Waals surface area contributed by atoms with Crippen LogP contribution in [0, 0.1) is 11.8 Å². The minimum Gasteiger partial charge on any atom is -0.326 e. The predicted molar refractivity (Wildman–Crippen MR) is 106 cm³/mol. The second-order valence-corrected chi connectivity index (χ2v) is 7.56. The zero-order valence-electron chi connectivity index (χ0n) is 14.6. The summed E-state index contributed by atoms with van der Waals surface area (Å²) in [7, 11) is 0. The molecular weight excluding hydrogens is 371 g/mol. The number of anilines is 2. The van der Waals surface area contributed by atoms with Crippen molar-refractivity contribution in [3.8, 4) is 0 Å². The molecule has 3 rings (SSSR count). The molecule has 1 aliphatic carbocycles. The SMILES string of the molecule is CC(C)c1ccccc1NC(=O)C1CC1C(=O)Nc1cccc(Cl)c1Cl. The highest BCUT2D eigenvalue weighted by Crippen LogP contribution is 2.41. The van der Waals surface area contributed by atoms with Crippen molar-refractivity contribution in [1.29, 1.82) is 0 Å². The third kappa shape index (κ3) is 4.02. The lowest BCUT2D eigenvalue weighted by molar-refractivity contribution is -0.122. The number of benzene rings is 2. The molecule has 0 spiro atoms. The van der Waals surface area contributed by atoms with Gasteiger partial charge in [-0.05, 0) is 36.1 Å². The number of halogens is 2. The van der Waals surface area contributed by atoms with Crippen LogP contribution in [-0.2, 0) is 9.59 Å². The number of nitrogens with one attached hydrogen (secondary N) is 2. The molecule has 1 aliphatic rings. The monoisotopic (exact) mass is 390 g/mol. The minimum atomic E-state index is -0.351. The second kappa shape index (κ2) is 7.68. The summed E-state index contributed by atoms with van der Waals surface area (Å²) in [5.41, 5.74) is 2.34. The average molecular weight is 391 g/mol. The van der Waals surface area contributed by atoms with E-state index in [9.17, 15) is 9.59 Å². The fraction of sp³-hybridized carbons (Fsp3) is 0.300. The van der Waals surface area contributed by atoms with Crippen molar-refractivity contribution in [2.45, 2.75) is 26.2 Å². The zero-order chi connectivity index (χ0) is 18.8. The molecule has 2 unspecified atom stereocenters. The van der Waals surface area contributed by atoms with Gasteiger partial charge in [-0.2, -0.15) is 0 Å². The molecule has 1 fully saturated rings. The molecule has 2 N–H and O–H groups in total. The molecule has 4 nitrogen and oxygen atoms in total. The molecule has 6 heteroatoms. The summed E-state index contributed by atoms with van der Waals surface area (Å²) in [5, 5.41) is 6.39. The molecule has 1 saturated carbocycles. The Morgan fingerprint density at radius 2 is 1.50 bits per heavy atom. The highest BCUT2D eigenvalue weighted by atomic mass is 35.5. The topological polar surface area (TPSA) is 58.2 Å². The molecule has 2 aromatic rings. The fourth-order valence-electron chi connectivity index (χ4n) is 2.94. The Bertz CT molecular complexity index is 851. The van der Waals surface area contributed by atoms with Gasteiger partial charge in [-0.15, -0.1) is 0 Å². The fourth-order valence-corrected chi connectivity index (χ4v) is 3.29. The van der Waals surface area contributed by atoms with Crippen LogP contribution in [0.25, 0.3) is 0 Å². The van der Waals surface area contributed by atoms with Crippen LogP contribution in [-0.4, -0.2) is 11.8 Å². The van der Waals surface area contributed by atoms with Crippen molar-refractivity contribution in [1.82, 2.24) is 0 Å². The molecule has 2 amide bonds. The molecule has 0 aliphatic heterocycles. The van der Waals surface area contributed by atoms with Gasteiger partial charge in [0.1, 0.15) is 0 Å². The summed E-state index contributed by atoms with van der Waals surface area (Å²) >= 11 is 12.0. The van der Waals surface area contributed by atoms with Crippen LogP contribution in [0.4, 0.5) is 11.4 Å².